The fourth-order valence-corrected chi connectivity index (χ4v) is 3.20. The van der Waals surface area contributed by atoms with E-state index in [1.165, 1.54) is 41.7 Å². The molecule has 1 aromatic rings. The van der Waals surface area contributed by atoms with Crippen LogP contribution in [0, 0.1) is 0 Å². The van der Waals surface area contributed by atoms with Crippen LogP contribution < -0.4 is 5.32 Å². The summed E-state index contributed by atoms with van der Waals surface area (Å²) >= 11 is 0. The molecule has 24 heavy (non-hydrogen) atoms. The molecular weight excluding hydrogens is 302 g/mol. The monoisotopic (exact) mass is 333 g/mol. The third-order valence-corrected chi connectivity index (χ3v) is 4.53. The molecule has 0 aromatic heterocycles. The van der Waals surface area contributed by atoms with Gasteiger partial charge >= 0.3 is 6.03 Å². The summed E-state index contributed by atoms with van der Waals surface area (Å²) in [5, 5.41) is 12.3. The number of carbonyl (C=O) groups is 1. The van der Waals surface area contributed by atoms with Crippen molar-refractivity contribution in [2.24, 2.45) is 0 Å². The van der Waals surface area contributed by atoms with E-state index >= 15 is 0 Å². The summed E-state index contributed by atoms with van der Waals surface area (Å²) in [6.45, 7) is 5.82. The van der Waals surface area contributed by atoms with Crippen LogP contribution in [-0.4, -0.2) is 53.7 Å². The van der Waals surface area contributed by atoms with Crippen LogP contribution in [0.5, 0.6) is 0 Å². The van der Waals surface area contributed by atoms with E-state index in [0.717, 1.165) is 19.6 Å². The molecule has 0 radical (unpaired) electrons. The molecule has 2 amide bonds. The summed E-state index contributed by atoms with van der Waals surface area (Å²) < 4.78 is 0. The van der Waals surface area contributed by atoms with E-state index in [0.29, 0.717) is 13.1 Å². The summed E-state index contributed by atoms with van der Waals surface area (Å²) in [7, 11) is 1.70. The second kappa shape index (κ2) is 9.64. The van der Waals surface area contributed by atoms with Gasteiger partial charge in [-0.25, -0.2) is 4.79 Å². The lowest BCUT2D eigenvalue weighted by Gasteiger charge is -2.23. The first-order valence-electron chi connectivity index (χ1n) is 9.02. The average molecular weight is 333 g/mol. The standard InChI is InChI=1S/C19H31N3O2/c1-16(23)14-21(2)19(24)20-13-17-9-5-6-10-18(17)15-22-11-7-3-4-8-12-22/h5-6,9-10,16,23H,3-4,7-8,11-15H2,1-2H3,(H,20,24). The van der Waals surface area contributed by atoms with Gasteiger partial charge in [-0.1, -0.05) is 37.1 Å². The largest absolute Gasteiger partial charge is 0.392 e. The predicted molar refractivity (Wildman–Crippen MR) is 96.7 cm³/mol. The molecule has 0 aliphatic carbocycles. The van der Waals surface area contributed by atoms with E-state index in [4.69, 9.17) is 0 Å². The summed E-state index contributed by atoms with van der Waals surface area (Å²) in [6.07, 6.45) is 4.72. The number of aliphatic hydroxyl groups is 1. The molecule has 2 rings (SSSR count). The number of carbonyl (C=O) groups excluding carboxylic acids is 1. The van der Waals surface area contributed by atoms with Crippen LogP contribution in [-0.2, 0) is 13.1 Å². The molecule has 5 nitrogen and oxygen atoms in total. The first-order chi connectivity index (χ1) is 11.6. The number of likely N-dealkylation sites (N-methyl/N-ethyl adjacent to an activating group) is 1. The smallest absolute Gasteiger partial charge is 0.317 e. The van der Waals surface area contributed by atoms with Crippen LogP contribution in [0.25, 0.3) is 0 Å². The Hall–Kier alpha value is -1.59. The lowest BCUT2D eigenvalue weighted by Crippen LogP contribution is -2.40. The summed E-state index contributed by atoms with van der Waals surface area (Å²) in [6, 6.07) is 8.18. The number of amides is 2. The van der Waals surface area contributed by atoms with Crippen LogP contribution >= 0.6 is 0 Å². The van der Waals surface area contributed by atoms with Crippen molar-refractivity contribution < 1.29 is 9.90 Å². The fraction of sp³-hybridized carbons (Fsp3) is 0.632. The zero-order valence-corrected chi connectivity index (χ0v) is 15.0. The molecule has 0 spiro atoms. The second-order valence-corrected chi connectivity index (χ2v) is 6.85. The fourth-order valence-electron chi connectivity index (χ4n) is 3.20. The summed E-state index contributed by atoms with van der Waals surface area (Å²) in [5.41, 5.74) is 2.46. The van der Waals surface area contributed by atoms with Gasteiger partial charge < -0.3 is 15.3 Å². The highest BCUT2D eigenvalue weighted by Crippen LogP contribution is 2.16. The first kappa shape index (κ1) is 18.7. The van der Waals surface area contributed by atoms with E-state index in [1.54, 1.807) is 14.0 Å². The Kier molecular flexibility index (Phi) is 7.53. The Morgan fingerprint density at radius 3 is 2.46 bits per heavy atom. The molecule has 1 saturated heterocycles. The number of nitrogens with zero attached hydrogens (tertiary/aromatic N) is 2. The SMILES string of the molecule is CC(O)CN(C)C(=O)NCc1ccccc1CN1CCCCCC1. The number of aliphatic hydroxyl groups excluding tert-OH is 1. The van der Waals surface area contributed by atoms with Crippen LogP contribution in [0.4, 0.5) is 4.79 Å². The highest BCUT2D eigenvalue weighted by molar-refractivity contribution is 5.73. The average Bonchev–Trinajstić information content (AvgIpc) is 2.81. The van der Waals surface area contributed by atoms with Crippen LogP contribution in [0.3, 0.4) is 0 Å². The Morgan fingerprint density at radius 1 is 1.21 bits per heavy atom. The Balaban J connectivity index is 1.92. The lowest BCUT2D eigenvalue weighted by atomic mass is 10.1. The van der Waals surface area contributed by atoms with E-state index in [1.807, 2.05) is 6.07 Å². The minimum absolute atomic E-state index is 0.152. The van der Waals surface area contributed by atoms with Gasteiger partial charge in [0, 0.05) is 26.7 Å². The van der Waals surface area contributed by atoms with Gasteiger partial charge in [0.15, 0.2) is 0 Å². The van der Waals surface area contributed by atoms with Gasteiger partial charge in [-0.05, 0) is 44.0 Å². The maximum atomic E-state index is 12.1. The van der Waals surface area contributed by atoms with Crippen molar-refractivity contribution >= 4 is 6.03 Å². The van der Waals surface area contributed by atoms with Gasteiger partial charge in [0.05, 0.1) is 6.10 Å². The molecule has 1 heterocycles. The van der Waals surface area contributed by atoms with Gasteiger partial charge in [0.1, 0.15) is 0 Å². The third kappa shape index (κ3) is 6.13. The minimum Gasteiger partial charge on any atom is -0.392 e. The topological polar surface area (TPSA) is 55.8 Å². The van der Waals surface area contributed by atoms with E-state index in [2.05, 4.69) is 28.4 Å². The maximum Gasteiger partial charge on any atom is 0.317 e. The van der Waals surface area contributed by atoms with Crippen LogP contribution in [0.2, 0.25) is 0 Å². The quantitative estimate of drug-likeness (QED) is 0.841. The van der Waals surface area contributed by atoms with E-state index in [-0.39, 0.29) is 6.03 Å². The molecule has 0 saturated carbocycles. The number of likely N-dealkylation sites (tertiary alicyclic amines) is 1. The van der Waals surface area contributed by atoms with Gasteiger partial charge in [0.2, 0.25) is 0 Å². The predicted octanol–water partition coefficient (Wildman–Crippen LogP) is 2.58. The lowest BCUT2D eigenvalue weighted by molar-refractivity contribution is 0.143. The molecule has 1 unspecified atom stereocenters. The Bertz CT molecular complexity index is 511. The Labute approximate surface area is 145 Å². The van der Waals surface area contributed by atoms with Gasteiger partial charge in [0.25, 0.3) is 0 Å². The van der Waals surface area contributed by atoms with Gasteiger partial charge in [-0.2, -0.15) is 0 Å². The van der Waals surface area contributed by atoms with Crippen molar-refractivity contribution in [3.8, 4) is 0 Å². The Morgan fingerprint density at radius 2 is 1.83 bits per heavy atom. The highest BCUT2D eigenvalue weighted by Gasteiger charge is 2.13. The van der Waals surface area contributed by atoms with Crippen molar-refractivity contribution in [1.29, 1.82) is 0 Å². The molecule has 1 aromatic carbocycles. The molecule has 1 atom stereocenters. The van der Waals surface area contributed by atoms with Gasteiger partial charge in [-0.15, -0.1) is 0 Å². The third-order valence-electron chi connectivity index (χ3n) is 4.53. The number of hydrogen-bond donors (Lipinski definition) is 2. The number of urea groups is 1. The summed E-state index contributed by atoms with van der Waals surface area (Å²) in [4.78, 5) is 16.1. The van der Waals surface area contributed by atoms with Crippen LogP contribution in [0.1, 0.15) is 43.7 Å². The van der Waals surface area contributed by atoms with Crippen molar-refractivity contribution in [3.63, 3.8) is 0 Å². The second-order valence-electron chi connectivity index (χ2n) is 6.85. The molecular formula is C19H31N3O2. The first-order valence-corrected chi connectivity index (χ1v) is 9.02. The molecule has 2 N–H and O–H groups in total. The van der Waals surface area contributed by atoms with E-state index < -0.39 is 6.10 Å². The van der Waals surface area contributed by atoms with Crippen LogP contribution in [0.15, 0.2) is 24.3 Å². The minimum atomic E-state index is -0.518. The number of hydrogen-bond acceptors (Lipinski definition) is 3. The number of benzene rings is 1. The zero-order chi connectivity index (χ0) is 17.4. The van der Waals surface area contributed by atoms with Crippen molar-refractivity contribution in [1.82, 2.24) is 15.1 Å². The molecule has 1 aliphatic heterocycles. The maximum absolute atomic E-state index is 12.1. The normalized spacial score (nSPS) is 17.1. The molecule has 1 fully saturated rings. The van der Waals surface area contributed by atoms with Crippen molar-refractivity contribution in [2.75, 3.05) is 26.7 Å². The van der Waals surface area contributed by atoms with E-state index in [9.17, 15) is 9.90 Å². The molecule has 0 bridgehead atoms. The molecule has 134 valence electrons. The molecule has 5 heteroatoms. The highest BCUT2D eigenvalue weighted by atomic mass is 16.3. The number of nitrogens with one attached hydrogen (secondary N) is 1. The zero-order valence-electron chi connectivity index (χ0n) is 15.0. The number of rotatable bonds is 6. The summed E-state index contributed by atoms with van der Waals surface area (Å²) in [5.74, 6) is 0. The van der Waals surface area contributed by atoms with Crippen molar-refractivity contribution in [2.45, 2.75) is 51.8 Å². The molecule has 1 aliphatic rings. The van der Waals surface area contributed by atoms with Crippen molar-refractivity contribution in [3.05, 3.63) is 35.4 Å². The van der Waals surface area contributed by atoms with Gasteiger partial charge in [-0.3, -0.25) is 4.90 Å².